The Bertz CT molecular complexity index is 924. The van der Waals surface area contributed by atoms with Crippen molar-refractivity contribution in [1.82, 2.24) is 4.98 Å². The van der Waals surface area contributed by atoms with Crippen LogP contribution in [0.3, 0.4) is 0 Å². The van der Waals surface area contributed by atoms with Gasteiger partial charge >= 0.3 is 0 Å². The molecule has 0 atom stereocenters. The molecular formula is C19H18FNO2S. The number of nitrogens with zero attached hydrogens (tertiary/aromatic N) is 1. The summed E-state index contributed by atoms with van der Waals surface area (Å²) < 4.78 is 36.4. The highest BCUT2D eigenvalue weighted by atomic mass is 32.2. The van der Waals surface area contributed by atoms with E-state index in [-0.39, 0.29) is 10.8 Å². The SMILES string of the molecule is CS(=O)(=O)c1ccc(C2=C(c3ccc(F)cc3)CC3(CC3)C2)cn1. The Hall–Kier alpha value is -2.01. The van der Waals surface area contributed by atoms with Crippen LogP contribution in [0.5, 0.6) is 0 Å². The second-order valence-electron chi connectivity index (χ2n) is 6.97. The van der Waals surface area contributed by atoms with Gasteiger partial charge in [0.15, 0.2) is 14.9 Å². The number of aromatic nitrogens is 1. The first-order valence-electron chi connectivity index (χ1n) is 8.01. The minimum atomic E-state index is -3.29. The third-order valence-electron chi connectivity index (χ3n) is 5.08. The summed E-state index contributed by atoms with van der Waals surface area (Å²) in [5.74, 6) is -0.237. The van der Waals surface area contributed by atoms with Gasteiger partial charge in [-0.25, -0.2) is 17.8 Å². The maximum atomic E-state index is 13.2. The van der Waals surface area contributed by atoms with Crippen molar-refractivity contribution in [2.45, 2.75) is 30.7 Å². The van der Waals surface area contributed by atoms with Crippen LogP contribution in [0.4, 0.5) is 4.39 Å². The fourth-order valence-electron chi connectivity index (χ4n) is 3.54. The smallest absolute Gasteiger partial charge is 0.192 e. The molecule has 124 valence electrons. The predicted octanol–water partition coefficient (Wildman–Crippen LogP) is 4.11. The third kappa shape index (κ3) is 2.77. The van der Waals surface area contributed by atoms with Gasteiger partial charge in [0.25, 0.3) is 0 Å². The molecule has 1 aromatic heterocycles. The van der Waals surface area contributed by atoms with Crippen LogP contribution in [0.25, 0.3) is 11.1 Å². The van der Waals surface area contributed by atoms with Crippen LogP contribution in [0.2, 0.25) is 0 Å². The molecule has 0 saturated heterocycles. The van der Waals surface area contributed by atoms with E-state index in [0.717, 1.165) is 30.2 Å². The van der Waals surface area contributed by atoms with Crippen LogP contribution in [-0.4, -0.2) is 19.7 Å². The summed E-state index contributed by atoms with van der Waals surface area (Å²) in [6.07, 6.45) is 7.23. The Balaban J connectivity index is 1.77. The number of hydrogen-bond acceptors (Lipinski definition) is 3. The molecule has 3 nitrogen and oxygen atoms in total. The molecule has 5 heteroatoms. The van der Waals surface area contributed by atoms with E-state index >= 15 is 0 Å². The Kier molecular flexibility index (Phi) is 3.39. The van der Waals surface area contributed by atoms with Gasteiger partial charge in [0.05, 0.1) is 0 Å². The molecule has 2 aliphatic carbocycles. The predicted molar refractivity (Wildman–Crippen MR) is 91.5 cm³/mol. The van der Waals surface area contributed by atoms with Gasteiger partial charge in [-0.1, -0.05) is 18.2 Å². The van der Waals surface area contributed by atoms with Crippen molar-refractivity contribution in [3.8, 4) is 0 Å². The zero-order valence-electron chi connectivity index (χ0n) is 13.4. The van der Waals surface area contributed by atoms with Gasteiger partial charge in [0, 0.05) is 12.5 Å². The zero-order chi connectivity index (χ0) is 16.9. The molecular weight excluding hydrogens is 325 g/mol. The average Bonchev–Trinajstić information content (AvgIpc) is 3.19. The second kappa shape index (κ2) is 5.24. The highest BCUT2D eigenvalue weighted by Gasteiger charge is 2.48. The number of sulfone groups is 1. The minimum Gasteiger partial charge on any atom is -0.244 e. The van der Waals surface area contributed by atoms with E-state index < -0.39 is 9.84 Å². The Morgan fingerprint density at radius 1 is 0.958 bits per heavy atom. The van der Waals surface area contributed by atoms with E-state index in [2.05, 4.69) is 4.98 Å². The maximum Gasteiger partial charge on any atom is 0.192 e. The van der Waals surface area contributed by atoms with E-state index in [1.807, 2.05) is 18.2 Å². The first-order chi connectivity index (χ1) is 11.4. The molecule has 1 aromatic carbocycles. The number of rotatable bonds is 3. The number of halogens is 1. The average molecular weight is 343 g/mol. The van der Waals surface area contributed by atoms with Crippen molar-refractivity contribution in [3.05, 3.63) is 59.5 Å². The van der Waals surface area contributed by atoms with E-state index in [0.29, 0.717) is 5.41 Å². The van der Waals surface area contributed by atoms with Crippen molar-refractivity contribution >= 4 is 21.0 Å². The molecule has 1 saturated carbocycles. The molecule has 0 unspecified atom stereocenters. The lowest BCUT2D eigenvalue weighted by molar-refractivity contribution is 0.568. The van der Waals surface area contributed by atoms with E-state index in [9.17, 15) is 12.8 Å². The van der Waals surface area contributed by atoms with Gasteiger partial charge in [-0.3, -0.25) is 0 Å². The van der Waals surface area contributed by atoms with Gasteiger partial charge in [0.2, 0.25) is 0 Å². The van der Waals surface area contributed by atoms with E-state index in [4.69, 9.17) is 0 Å². The molecule has 0 radical (unpaired) electrons. The van der Waals surface area contributed by atoms with Crippen molar-refractivity contribution in [1.29, 1.82) is 0 Å². The van der Waals surface area contributed by atoms with Crippen molar-refractivity contribution in [2.75, 3.05) is 6.26 Å². The Morgan fingerprint density at radius 3 is 2.04 bits per heavy atom. The number of pyridine rings is 1. The highest BCUT2D eigenvalue weighted by Crippen LogP contribution is 2.63. The summed E-state index contributed by atoms with van der Waals surface area (Å²) in [5.41, 5.74) is 4.81. The van der Waals surface area contributed by atoms with Crippen molar-refractivity contribution in [3.63, 3.8) is 0 Å². The van der Waals surface area contributed by atoms with Crippen molar-refractivity contribution < 1.29 is 12.8 Å². The highest BCUT2D eigenvalue weighted by molar-refractivity contribution is 7.90. The lowest BCUT2D eigenvalue weighted by Crippen LogP contribution is -2.00. The van der Waals surface area contributed by atoms with E-state index in [1.54, 1.807) is 12.3 Å². The van der Waals surface area contributed by atoms with Crippen LogP contribution in [-0.2, 0) is 9.84 Å². The Morgan fingerprint density at radius 2 is 1.54 bits per heavy atom. The summed E-state index contributed by atoms with van der Waals surface area (Å²) in [6.45, 7) is 0. The lowest BCUT2D eigenvalue weighted by atomic mass is 9.98. The molecule has 0 aliphatic heterocycles. The summed E-state index contributed by atoms with van der Waals surface area (Å²) in [4.78, 5) is 4.12. The normalized spacial score (nSPS) is 19.1. The molecule has 1 fully saturated rings. The molecule has 0 bridgehead atoms. The summed E-state index contributed by atoms with van der Waals surface area (Å²) in [5, 5.41) is 0.0920. The second-order valence-corrected chi connectivity index (χ2v) is 8.94. The number of hydrogen-bond donors (Lipinski definition) is 0. The molecule has 0 amide bonds. The van der Waals surface area contributed by atoms with Crippen LogP contribution in [0, 0.1) is 11.2 Å². The quantitative estimate of drug-likeness (QED) is 0.842. The molecule has 2 aliphatic rings. The van der Waals surface area contributed by atoms with E-state index in [1.165, 1.54) is 36.1 Å². The summed E-state index contributed by atoms with van der Waals surface area (Å²) >= 11 is 0. The Labute approximate surface area is 141 Å². The molecule has 1 spiro atoms. The van der Waals surface area contributed by atoms with Crippen LogP contribution >= 0.6 is 0 Å². The van der Waals surface area contributed by atoms with Crippen LogP contribution < -0.4 is 0 Å². The molecule has 4 rings (SSSR count). The summed E-state index contributed by atoms with van der Waals surface area (Å²) in [7, 11) is -3.29. The van der Waals surface area contributed by atoms with Crippen LogP contribution in [0.15, 0.2) is 47.6 Å². The van der Waals surface area contributed by atoms with Gasteiger partial charge in [0.1, 0.15) is 5.82 Å². The molecule has 2 aromatic rings. The summed E-state index contributed by atoms with van der Waals surface area (Å²) in [6, 6.07) is 10.0. The molecule has 24 heavy (non-hydrogen) atoms. The fourth-order valence-corrected chi connectivity index (χ4v) is 4.10. The van der Waals surface area contributed by atoms with Gasteiger partial charge in [-0.2, -0.15) is 0 Å². The number of benzene rings is 1. The van der Waals surface area contributed by atoms with Gasteiger partial charge in [-0.15, -0.1) is 0 Å². The zero-order valence-corrected chi connectivity index (χ0v) is 14.2. The molecule has 0 N–H and O–H groups in total. The van der Waals surface area contributed by atoms with Gasteiger partial charge < -0.3 is 0 Å². The largest absolute Gasteiger partial charge is 0.244 e. The lowest BCUT2D eigenvalue weighted by Gasteiger charge is -2.08. The molecule has 1 heterocycles. The third-order valence-corrected chi connectivity index (χ3v) is 6.08. The van der Waals surface area contributed by atoms with Gasteiger partial charge in [-0.05, 0) is 71.6 Å². The first-order valence-corrected chi connectivity index (χ1v) is 9.90. The minimum absolute atomic E-state index is 0.0920. The first kappa shape index (κ1) is 15.5. The number of allylic oxidation sites excluding steroid dienone is 2. The maximum absolute atomic E-state index is 13.2. The topological polar surface area (TPSA) is 47.0 Å². The monoisotopic (exact) mass is 343 g/mol. The standard InChI is InChI=1S/C19H18FNO2S/c1-24(22,23)18-7-4-14(12-21-18)17-11-19(8-9-19)10-16(17)13-2-5-15(20)6-3-13/h2-7,12H,8-11H2,1H3. The fraction of sp³-hybridized carbons (Fsp3) is 0.316. The van der Waals surface area contributed by atoms with Crippen LogP contribution in [0.1, 0.15) is 36.8 Å². The van der Waals surface area contributed by atoms with Crippen molar-refractivity contribution in [2.24, 2.45) is 5.41 Å².